The highest BCUT2D eigenvalue weighted by Gasteiger charge is 2.55. The Morgan fingerprint density at radius 1 is 1.40 bits per heavy atom. The van der Waals surface area contributed by atoms with Gasteiger partial charge in [-0.15, -0.1) is 12.6 Å². The monoisotopic (exact) mass is 239 g/mol. The molecule has 1 unspecified atom stereocenters. The highest BCUT2D eigenvalue weighted by molar-refractivity contribution is 7.82. The van der Waals surface area contributed by atoms with Crippen LogP contribution in [-0.4, -0.2) is 62.3 Å². The van der Waals surface area contributed by atoms with Crippen molar-refractivity contribution in [2.45, 2.75) is 29.3 Å². The average molecular weight is 239 g/mol. The second kappa shape index (κ2) is 4.24. The van der Waals surface area contributed by atoms with E-state index >= 15 is 0 Å². The maximum Gasteiger partial charge on any atom is 0.262 e. The SMILES string of the molecule is NC(=O)C1(S)O[C@H](CO)[C@H](O)[C@H](O)[C@H]1O. The molecule has 0 aromatic carbocycles. The van der Waals surface area contributed by atoms with Gasteiger partial charge in [0.1, 0.15) is 24.4 Å². The molecule has 1 aliphatic heterocycles. The van der Waals surface area contributed by atoms with Gasteiger partial charge in [0.25, 0.3) is 5.91 Å². The lowest BCUT2D eigenvalue weighted by Crippen LogP contribution is -2.67. The second-order valence-electron chi connectivity index (χ2n) is 3.33. The average Bonchev–Trinajstić information content (AvgIpc) is 2.20. The predicted octanol–water partition coefficient (Wildman–Crippen LogP) is -3.43. The van der Waals surface area contributed by atoms with Crippen LogP contribution in [0.5, 0.6) is 0 Å². The molecule has 1 aliphatic rings. The number of hydrogen-bond acceptors (Lipinski definition) is 7. The van der Waals surface area contributed by atoms with Crippen molar-refractivity contribution in [3.05, 3.63) is 0 Å². The van der Waals surface area contributed by atoms with Crippen LogP contribution in [-0.2, 0) is 9.53 Å². The van der Waals surface area contributed by atoms with Crippen molar-refractivity contribution >= 4 is 18.5 Å². The number of thiol groups is 1. The first-order valence-corrected chi connectivity index (χ1v) is 4.64. The van der Waals surface area contributed by atoms with E-state index in [0.717, 1.165) is 0 Å². The Bertz CT molecular complexity index is 262. The summed E-state index contributed by atoms with van der Waals surface area (Å²) >= 11 is 3.72. The van der Waals surface area contributed by atoms with Crippen LogP contribution >= 0.6 is 12.6 Å². The Morgan fingerprint density at radius 3 is 2.33 bits per heavy atom. The van der Waals surface area contributed by atoms with Gasteiger partial charge in [0, 0.05) is 0 Å². The van der Waals surface area contributed by atoms with Crippen LogP contribution in [0.1, 0.15) is 0 Å². The molecule has 6 N–H and O–H groups in total. The summed E-state index contributed by atoms with van der Waals surface area (Å²) in [4.78, 5) is 8.87. The van der Waals surface area contributed by atoms with Crippen LogP contribution in [0.15, 0.2) is 0 Å². The minimum Gasteiger partial charge on any atom is -0.394 e. The van der Waals surface area contributed by atoms with Gasteiger partial charge in [0.2, 0.25) is 4.93 Å². The zero-order chi connectivity index (χ0) is 11.8. The van der Waals surface area contributed by atoms with E-state index in [2.05, 4.69) is 12.6 Å². The Labute approximate surface area is 90.9 Å². The standard InChI is InChI=1S/C7H13NO6S/c8-6(13)7(15)5(12)4(11)3(10)2(1-9)14-7/h2-5,9-12,15H,1H2,(H2,8,13)/t2-,3+,4+,5-,7?/m1/s1. The molecule has 0 saturated carbocycles. The van der Waals surface area contributed by atoms with Crippen LogP contribution in [0.3, 0.4) is 0 Å². The molecule has 7 nitrogen and oxygen atoms in total. The molecule has 1 fully saturated rings. The van der Waals surface area contributed by atoms with Crippen LogP contribution < -0.4 is 5.73 Å². The number of rotatable bonds is 2. The van der Waals surface area contributed by atoms with Crippen molar-refractivity contribution in [3.63, 3.8) is 0 Å². The normalized spacial score (nSPS) is 46.5. The van der Waals surface area contributed by atoms with Crippen LogP contribution in [0.4, 0.5) is 0 Å². The fraction of sp³-hybridized carbons (Fsp3) is 0.857. The van der Waals surface area contributed by atoms with Gasteiger partial charge >= 0.3 is 0 Å². The molecule has 0 spiro atoms. The molecule has 1 amide bonds. The molecular formula is C7H13NO6S. The lowest BCUT2D eigenvalue weighted by molar-refractivity contribution is -0.236. The summed E-state index contributed by atoms with van der Waals surface area (Å²) in [5, 5.41) is 37.0. The molecule has 0 radical (unpaired) electrons. The third-order valence-corrected chi connectivity index (χ3v) is 2.91. The summed E-state index contributed by atoms with van der Waals surface area (Å²) in [6, 6.07) is 0. The van der Waals surface area contributed by atoms with Crippen molar-refractivity contribution in [3.8, 4) is 0 Å². The topological polar surface area (TPSA) is 133 Å². The summed E-state index contributed by atoms with van der Waals surface area (Å²) in [5.41, 5.74) is 4.94. The van der Waals surface area contributed by atoms with Gasteiger partial charge in [-0.25, -0.2) is 0 Å². The second-order valence-corrected chi connectivity index (χ2v) is 3.99. The molecular weight excluding hydrogens is 226 g/mol. The van der Waals surface area contributed by atoms with Crippen molar-refractivity contribution in [2.24, 2.45) is 5.73 Å². The van der Waals surface area contributed by atoms with Gasteiger partial charge < -0.3 is 30.9 Å². The third-order valence-electron chi connectivity index (χ3n) is 2.32. The summed E-state index contributed by atoms with van der Waals surface area (Å²) in [6.07, 6.45) is -6.17. The Kier molecular flexibility index (Phi) is 3.59. The predicted molar refractivity (Wildman–Crippen MR) is 50.9 cm³/mol. The molecule has 1 saturated heterocycles. The van der Waals surface area contributed by atoms with Crippen molar-refractivity contribution in [1.29, 1.82) is 0 Å². The first kappa shape index (κ1) is 12.7. The molecule has 88 valence electrons. The molecule has 0 bridgehead atoms. The maximum absolute atomic E-state index is 11.0. The van der Waals surface area contributed by atoms with Gasteiger partial charge in [-0.1, -0.05) is 0 Å². The highest BCUT2D eigenvalue weighted by atomic mass is 32.1. The molecule has 0 aromatic heterocycles. The minimum atomic E-state index is -2.12. The van der Waals surface area contributed by atoms with Crippen molar-refractivity contribution in [2.75, 3.05) is 6.61 Å². The van der Waals surface area contributed by atoms with Crippen LogP contribution in [0, 0.1) is 0 Å². The summed E-state index contributed by atoms with van der Waals surface area (Å²) in [5.74, 6) is -1.11. The van der Waals surface area contributed by atoms with E-state index < -0.39 is 41.9 Å². The summed E-state index contributed by atoms with van der Waals surface area (Å²) in [7, 11) is 0. The van der Waals surface area contributed by atoms with E-state index in [0.29, 0.717) is 0 Å². The third kappa shape index (κ3) is 1.96. The van der Waals surface area contributed by atoms with Crippen LogP contribution in [0.25, 0.3) is 0 Å². The number of amides is 1. The number of hydrogen-bond donors (Lipinski definition) is 6. The Balaban J connectivity index is 2.97. The first-order chi connectivity index (χ1) is 6.84. The fourth-order valence-electron chi connectivity index (χ4n) is 1.36. The number of primary amides is 1. The molecule has 8 heteroatoms. The molecule has 5 atom stereocenters. The molecule has 0 aliphatic carbocycles. The number of ether oxygens (including phenoxy) is 1. The summed E-state index contributed by atoms with van der Waals surface area (Å²) < 4.78 is 4.86. The number of nitrogens with two attached hydrogens (primary N) is 1. The van der Waals surface area contributed by atoms with Gasteiger partial charge in [-0.3, -0.25) is 4.79 Å². The number of aliphatic hydroxyl groups excluding tert-OH is 4. The molecule has 1 heterocycles. The van der Waals surface area contributed by atoms with E-state index in [-0.39, 0.29) is 0 Å². The number of carbonyl (C=O) groups is 1. The smallest absolute Gasteiger partial charge is 0.262 e. The highest BCUT2D eigenvalue weighted by Crippen LogP contribution is 2.32. The summed E-state index contributed by atoms with van der Waals surface area (Å²) in [6.45, 7) is -0.638. The Hall–Kier alpha value is -0.380. The van der Waals surface area contributed by atoms with Gasteiger partial charge in [-0.2, -0.15) is 0 Å². The van der Waals surface area contributed by atoms with E-state index in [1.165, 1.54) is 0 Å². The van der Waals surface area contributed by atoms with E-state index in [1.807, 2.05) is 0 Å². The first-order valence-electron chi connectivity index (χ1n) is 4.19. The largest absolute Gasteiger partial charge is 0.394 e. The van der Waals surface area contributed by atoms with Gasteiger partial charge in [-0.05, 0) is 0 Å². The molecule has 1 rings (SSSR count). The van der Waals surface area contributed by atoms with Crippen LogP contribution in [0.2, 0.25) is 0 Å². The molecule has 0 aromatic rings. The van der Waals surface area contributed by atoms with Crippen molar-refractivity contribution in [1.82, 2.24) is 0 Å². The number of carbonyl (C=O) groups excluding carboxylic acids is 1. The van der Waals surface area contributed by atoms with E-state index in [1.54, 1.807) is 0 Å². The van der Waals surface area contributed by atoms with E-state index in [9.17, 15) is 20.1 Å². The zero-order valence-electron chi connectivity index (χ0n) is 7.65. The van der Waals surface area contributed by atoms with E-state index in [4.69, 9.17) is 15.6 Å². The van der Waals surface area contributed by atoms with Crippen molar-refractivity contribution < 1.29 is 30.0 Å². The fourth-order valence-corrected chi connectivity index (χ4v) is 1.65. The van der Waals surface area contributed by atoms with Gasteiger partial charge in [0.05, 0.1) is 6.61 Å². The Morgan fingerprint density at radius 2 is 1.93 bits per heavy atom. The van der Waals surface area contributed by atoms with Gasteiger partial charge in [0.15, 0.2) is 0 Å². The lowest BCUT2D eigenvalue weighted by atomic mass is 9.94. The minimum absolute atomic E-state index is 0.638. The zero-order valence-corrected chi connectivity index (χ0v) is 8.54. The number of aliphatic hydroxyl groups is 4. The molecule has 15 heavy (non-hydrogen) atoms. The maximum atomic E-state index is 11.0. The quantitative estimate of drug-likeness (QED) is 0.278. The lowest BCUT2D eigenvalue weighted by Gasteiger charge is -2.44.